The summed E-state index contributed by atoms with van der Waals surface area (Å²) in [5, 5.41) is 0. The fourth-order valence-electron chi connectivity index (χ4n) is 1.20. The molecule has 0 unspecified atom stereocenters. The van der Waals surface area contributed by atoms with Crippen LogP contribution in [0.15, 0.2) is 6.20 Å². The van der Waals surface area contributed by atoms with Gasteiger partial charge in [0.05, 0.1) is 9.90 Å². The molecule has 1 aliphatic rings. The fraction of sp³-hybridized carbons (Fsp3) is 0.571. The van der Waals surface area contributed by atoms with Crippen molar-refractivity contribution >= 4 is 22.6 Å². The van der Waals surface area contributed by atoms with Crippen LogP contribution in [0.1, 0.15) is 24.7 Å². The number of aromatic nitrogens is 2. The predicted octanol–water partition coefficient (Wildman–Crippen LogP) is 2.13. The Balaban J connectivity index is 2.44. The molecule has 0 saturated heterocycles. The largest absolute Gasteiger partial charge is 0.321 e. The zero-order valence-corrected chi connectivity index (χ0v) is 8.00. The van der Waals surface area contributed by atoms with Crippen molar-refractivity contribution in [2.45, 2.75) is 25.8 Å². The van der Waals surface area contributed by atoms with Crippen LogP contribution in [0.4, 0.5) is 0 Å². The minimum absolute atomic E-state index is 0.773. The van der Waals surface area contributed by atoms with Gasteiger partial charge in [0.15, 0.2) is 0 Å². The van der Waals surface area contributed by atoms with Crippen LogP contribution in [0.3, 0.4) is 0 Å². The standard InChI is InChI=1S/C7H9IN2/c1-5-9-4-7(8)10(5)6-2-3-6/h4,6H,2-3H2,1H3. The first-order chi connectivity index (χ1) is 4.79. The van der Waals surface area contributed by atoms with Crippen molar-refractivity contribution in [3.8, 4) is 0 Å². The van der Waals surface area contributed by atoms with Gasteiger partial charge in [0.1, 0.15) is 5.82 Å². The lowest BCUT2D eigenvalue weighted by atomic mass is 10.6. The van der Waals surface area contributed by atoms with Crippen LogP contribution in [0.25, 0.3) is 0 Å². The highest BCUT2D eigenvalue weighted by atomic mass is 127. The van der Waals surface area contributed by atoms with E-state index in [1.54, 1.807) is 0 Å². The van der Waals surface area contributed by atoms with Crippen LogP contribution in [-0.4, -0.2) is 9.55 Å². The summed E-state index contributed by atoms with van der Waals surface area (Å²) in [6.07, 6.45) is 4.62. The van der Waals surface area contributed by atoms with Crippen molar-refractivity contribution in [3.63, 3.8) is 0 Å². The van der Waals surface area contributed by atoms with E-state index in [9.17, 15) is 0 Å². The smallest absolute Gasteiger partial charge is 0.106 e. The maximum Gasteiger partial charge on any atom is 0.106 e. The Hall–Kier alpha value is -0.0600. The maximum atomic E-state index is 4.23. The summed E-state index contributed by atoms with van der Waals surface area (Å²) in [4.78, 5) is 4.23. The number of rotatable bonds is 1. The molecule has 1 aromatic heterocycles. The molecule has 54 valence electrons. The van der Waals surface area contributed by atoms with Crippen LogP contribution < -0.4 is 0 Å². The zero-order valence-electron chi connectivity index (χ0n) is 5.84. The summed E-state index contributed by atoms with van der Waals surface area (Å²) in [5.41, 5.74) is 0. The Morgan fingerprint density at radius 1 is 1.70 bits per heavy atom. The van der Waals surface area contributed by atoms with E-state index in [0.717, 1.165) is 11.9 Å². The van der Waals surface area contributed by atoms with Gasteiger partial charge in [-0.25, -0.2) is 4.98 Å². The molecule has 0 N–H and O–H groups in total. The predicted molar refractivity (Wildman–Crippen MR) is 48.0 cm³/mol. The van der Waals surface area contributed by atoms with Crippen molar-refractivity contribution in [1.82, 2.24) is 9.55 Å². The molecule has 1 aliphatic carbocycles. The number of imidazole rings is 1. The third-order valence-corrected chi connectivity index (χ3v) is 2.65. The van der Waals surface area contributed by atoms with Gasteiger partial charge >= 0.3 is 0 Å². The summed E-state index contributed by atoms with van der Waals surface area (Å²) in [5.74, 6) is 1.16. The maximum absolute atomic E-state index is 4.23. The Kier molecular flexibility index (Phi) is 1.47. The molecular formula is C7H9IN2. The summed E-state index contributed by atoms with van der Waals surface area (Å²) >= 11 is 2.34. The van der Waals surface area contributed by atoms with Gasteiger partial charge in [-0.15, -0.1) is 0 Å². The van der Waals surface area contributed by atoms with E-state index >= 15 is 0 Å². The van der Waals surface area contributed by atoms with Gasteiger partial charge in [0.2, 0.25) is 0 Å². The monoisotopic (exact) mass is 248 g/mol. The van der Waals surface area contributed by atoms with E-state index in [0.29, 0.717) is 0 Å². The van der Waals surface area contributed by atoms with Crippen molar-refractivity contribution < 1.29 is 0 Å². The molecule has 1 aromatic rings. The Morgan fingerprint density at radius 3 is 2.80 bits per heavy atom. The van der Waals surface area contributed by atoms with Crippen molar-refractivity contribution in [3.05, 3.63) is 15.7 Å². The SMILES string of the molecule is Cc1ncc(I)n1C1CC1. The Bertz CT molecular complexity index is 231. The van der Waals surface area contributed by atoms with Gasteiger partial charge < -0.3 is 4.57 Å². The first kappa shape index (κ1) is 6.64. The van der Waals surface area contributed by atoms with Gasteiger partial charge in [0.25, 0.3) is 0 Å². The second-order valence-corrected chi connectivity index (χ2v) is 3.83. The van der Waals surface area contributed by atoms with Gasteiger partial charge in [0, 0.05) is 6.04 Å². The Morgan fingerprint density at radius 2 is 2.40 bits per heavy atom. The lowest BCUT2D eigenvalue weighted by Gasteiger charge is -2.01. The third-order valence-electron chi connectivity index (χ3n) is 1.85. The number of aryl methyl sites for hydroxylation is 1. The van der Waals surface area contributed by atoms with Crippen molar-refractivity contribution in [1.29, 1.82) is 0 Å². The molecule has 2 rings (SSSR count). The molecule has 0 aromatic carbocycles. The summed E-state index contributed by atoms with van der Waals surface area (Å²) < 4.78 is 3.60. The molecule has 3 heteroatoms. The average molecular weight is 248 g/mol. The quantitative estimate of drug-likeness (QED) is 0.696. The molecule has 0 bridgehead atoms. The van der Waals surface area contributed by atoms with Crippen LogP contribution >= 0.6 is 22.6 Å². The van der Waals surface area contributed by atoms with Crippen molar-refractivity contribution in [2.24, 2.45) is 0 Å². The number of hydrogen-bond donors (Lipinski definition) is 0. The minimum Gasteiger partial charge on any atom is -0.321 e. The van der Waals surface area contributed by atoms with Gasteiger partial charge in [-0.3, -0.25) is 0 Å². The zero-order chi connectivity index (χ0) is 7.14. The van der Waals surface area contributed by atoms with E-state index in [2.05, 4.69) is 39.1 Å². The highest BCUT2D eigenvalue weighted by Crippen LogP contribution is 2.36. The van der Waals surface area contributed by atoms with Gasteiger partial charge in [-0.05, 0) is 42.4 Å². The van der Waals surface area contributed by atoms with Gasteiger partial charge in [-0.2, -0.15) is 0 Å². The highest BCUT2D eigenvalue weighted by molar-refractivity contribution is 14.1. The summed E-state index contributed by atoms with van der Waals surface area (Å²) in [6, 6.07) is 0.773. The van der Waals surface area contributed by atoms with E-state index in [4.69, 9.17) is 0 Å². The molecule has 0 amide bonds. The highest BCUT2D eigenvalue weighted by Gasteiger charge is 2.26. The van der Waals surface area contributed by atoms with E-state index in [1.165, 1.54) is 16.5 Å². The van der Waals surface area contributed by atoms with E-state index in [-0.39, 0.29) is 0 Å². The lowest BCUT2D eigenvalue weighted by molar-refractivity contribution is 0.695. The second-order valence-electron chi connectivity index (χ2n) is 2.73. The fourth-order valence-corrected chi connectivity index (χ4v) is 2.08. The molecular weight excluding hydrogens is 239 g/mol. The van der Waals surface area contributed by atoms with Gasteiger partial charge in [-0.1, -0.05) is 0 Å². The molecule has 2 nitrogen and oxygen atoms in total. The summed E-state index contributed by atoms with van der Waals surface area (Å²) in [7, 11) is 0. The van der Waals surface area contributed by atoms with Crippen LogP contribution in [-0.2, 0) is 0 Å². The topological polar surface area (TPSA) is 17.8 Å². The molecule has 1 saturated carbocycles. The summed E-state index contributed by atoms with van der Waals surface area (Å²) in [6.45, 7) is 2.07. The molecule has 1 heterocycles. The van der Waals surface area contributed by atoms with E-state index < -0.39 is 0 Å². The molecule has 0 atom stereocenters. The van der Waals surface area contributed by atoms with Crippen molar-refractivity contribution in [2.75, 3.05) is 0 Å². The molecule has 0 radical (unpaired) electrons. The molecule has 0 spiro atoms. The minimum atomic E-state index is 0.773. The first-order valence-electron chi connectivity index (χ1n) is 3.48. The number of hydrogen-bond acceptors (Lipinski definition) is 1. The molecule has 1 fully saturated rings. The third kappa shape index (κ3) is 0.962. The Labute approximate surface area is 73.8 Å². The average Bonchev–Trinajstić information content (AvgIpc) is 2.64. The number of nitrogens with zero attached hydrogens (tertiary/aromatic N) is 2. The second kappa shape index (κ2) is 2.22. The van der Waals surface area contributed by atoms with Crippen LogP contribution in [0.5, 0.6) is 0 Å². The normalized spacial score (nSPS) is 17.8. The lowest BCUT2D eigenvalue weighted by Crippen LogP contribution is -1.98. The first-order valence-corrected chi connectivity index (χ1v) is 4.56. The number of halogens is 1. The van der Waals surface area contributed by atoms with Crippen LogP contribution in [0.2, 0.25) is 0 Å². The van der Waals surface area contributed by atoms with Crippen LogP contribution in [0, 0.1) is 10.6 Å². The molecule has 0 aliphatic heterocycles. The molecule has 10 heavy (non-hydrogen) atoms. The van der Waals surface area contributed by atoms with E-state index in [1.807, 2.05) is 6.20 Å².